The van der Waals surface area contributed by atoms with Crippen molar-refractivity contribution in [2.75, 3.05) is 6.61 Å². The zero-order valence-electron chi connectivity index (χ0n) is 22.1. The first kappa shape index (κ1) is 28.5. The van der Waals surface area contributed by atoms with Crippen molar-refractivity contribution in [3.8, 4) is 11.6 Å². The Morgan fingerprint density at radius 2 is 1.71 bits per heavy atom. The number of aryl methyl sites for hydroxylation is 2. The maximum absolute atomic E-state index is 11.7. The molecule has 2 aromatic heterocycles. The molecule has 216 valence electrons. The van der Waals surface area contributed by atoms with Crippen LogP contribution in [0, 0.1) is 0 Å². The smallest absolute Gasteiger partial charge is 0.245 e. The molecule has 0 radical (unpaired) electrons. The number of ether oxygens (including phenoxy) is 3. The van der Waals surface area contributed by atoms with Crippen molar-refractivity contribution in [2.45, 2.75) is 56.7 Å². The standard InChI is InChI=1S/C29H32N4O8/c30-22(35)14-33-27-23(28(32-33)41-29-26(38)25(37)24(36)21(15-34)40-29)19(12-13-31-27)9-6-17-7-10-20(11-8-17)39-16-18-4-2-1-3-5-18/h1-5,7-8,10-13,21,24-26,29,34,36-38H,6,9,14-16H2,(H2,30,35)/t21-,24-,25+,26-,29+/m1/s1. The van der Waals surface area contributed by atoms with E-state index >= 15 is 0 Å². The monoisotopic (exact) mass is 564 g/mol. The van der Waals surface area contributed by atoms with E-state index in [4.69, 9.17) is 19.9 Å². The third kappa shape index (κ3) is 6.47. The van der Waals surface area contributed by atoms with Crippen LogP contribution in [0.5, 0.6) is 11.6 Å². The molecule has 0 unspecified atom stereocenters. The lowest BCUT2D eigenvalue weighted by molar-refractivity contribution is -0.278. The zero-order valence-corrected chi connectivity index (χ0v) is 22.1. The summed E-state index contributed by atoms with van der Waals surface area (Å²) < 4.78 is 18.5. The predicted molar refractivity (Wildman–Crippen MR) is 146 cm³/mol. The van der Waals surface area contributed by atoms with Gasteiger partial charge in [0.05, 0.1) is 12.0 Å². The molecule has 6 N–H and O–H groups in total. The third-order valence-corrected chi connectivity index (χ3v) is 6.92. The lowest BCUT2D eigenvalue weighted by Crippen LogP contribution is -2.60. The number of nitrogens with zero attached hydrogens (tertiary/aromatic N) is 3. The van der Waals surface area contributed by atoms with Crippen molar-refractivity contribution >= 4 is 16.9 Å². The van der Waals surface area contributed by atoms with Gasteiger partial charge < -0.3 is 40.4 Å². The average Bonchev–Trinajstić information content (AvgIpc) is 3.33. The summed E-state index contributed by atoms with van der Waals surface area (Å²) in [7, 11) is 0. The van der Waals surface area contributed by atoms with Gasteiger partial charge in [-0.1, -0.05) is 42.5 Å². The van der Waals surface area contributed by atoms with Gasteiger partial charge in [-0.25, -0.2) is 9.67 Å². The molecule has 1 aliphatic rings. The fourth-order valence-electron chi connectivity index (χ4n) is 4.72. The molecule has 5 atom stereocenters. The number of amides is 1. The summed E-state index contributed by atoms with van der Waals surface area (Å²) in [6.07, 6.45) is -4.61. The normalized spacial score (nSPS) is 22.5. The van der Waals surface area contributed by atoms with Gasteiger partial charge in [-0.05, 0) is 47.7 Å². The van der Waals surface area contributed by atoms with Crippen molar-refractivity contribution in [2.24, 2.45) is 5.73 Å². The number of benzene rings is 2. The highest BCUT2D eigenvalue weighted by molar-refractivity contribution is 5.86. The molecule has 12 heteroatoms. The number of primary amides is 1. The van der Waals surface area contributed by atoms with Crippen molar-refractivity contribution < 1.29 is 39.4 Å². The molecule has 41 heavy (non-hydrogen) atoms. The SMILES string of the molecule is NC(=O)Cn1nc(O[C@@H]2O[C@H](CO)[C@@H](O)[C@H](O)[C@H]2O)c2c(CCc3ccc(OCc4ccccc4)cc3)ccnc21. The average molecular weight is 565 g/mol. The predicted octanol–water partition coefficient (Wildman–Crippen LogP) is 0.460. The van der Waals surface area contributed by atoms with Crippen LogP contribution in [0.1, 0.15) is 16.7 Å². The maximum Gasteiger partial charge on any atom is 0.245 e. The molecule has 1 aliphatic heterocycles. The van der Waals surface area contributed by atoms with Crippen LogP contribution < -0.4 is 15.2 Å². The van der Waals surface area contributed by atoms with Crippen molar-refractivity contribution in [1.29, 1.82) is 0 Å². The lowest BCUT2D eigenvalue weighted by Gasteiger charge is -2.39. The summed E-state index contributed by atoms with van der Waals surface area (Å²) in [5.74, 6) is 0.112. The number of aromatic nitrogens is 3. The van der Waals surface area contributed by atoms with E-state index in [0.29, 0.717) is 30.5 Å². The van der Waals surface area contributed by atoms with Crippen LogP contribution in [0.25, 0.3) is 11.0 Å². The summed E-state index contributed by atoms with van der Waals surface area (Å²) in [6.45, 7) is -0.401. The Kier molecular flexibility index (Phi) is 8.76. The number of hydrogen-bond acceptors (Lipinski definition) is 10. The Hall–Kier alpha value is -4.07. The topological polar surface area (TPSA) is 182 Å². The molecular formula is C29H32N4O8. The van der Waals surface area contributed by atoms with E-state index in [1.807, 2.05) is 54.6 Å². The second-order valence-electron chi connectivity index (χ2n) is 9.83. The molecule has 0 saturated carbocycles. The van der Waals surface area contributed by atoms with Crippen LogP contribution in [0.2, 0.25) is 0 Å². The van der Waals surface area contributed by atoms with Crippen LogP contribution in [-0.4, -0.2) is 78.4 Å². The minimum absolute atomic E-state index is 0.00154. The molecule has 5 rings (SSSR count). The summed E-state index contributed by atoms with van der Waals surface area (Å²) >= 11 is 0. The first-order valence-electron chi connectivity index (χ1n) is 13.2. The van der Waals surface area contributed by atoms with Crippen LogP contribution >= 0.6 is 0 Å². The zero-order chi connectivity index (χ0) is 28.9. The van der Waals surface area contributed by atoms with Crippen molar-refractivity contribution in [3.05, 3.63) is 83.6 Å². The number of fused-ring (bicyclic) bond motifs is 1. The van der Waals surface area contributed by atoms with Gasteiger partial charge in [0, 0.05) is 6.20 Å². The third-order valence-electron chi connectivity index (χ3n) is 6.92. The van der Waals surface area contributed by atoms with E-state index in [9.17, 15) is 25.2 Å². The van der Waals surface area contributed by atoms with Gasteiger partial charge in [0.1, 0.15) is 43.3 Å². The number of carbonyl (C=O) groups excluding carboxylic acids is 1. The first-order valence-corrected chi connectivity index (χ1v) is 13.2. The van der Waals surface area contributed by atoms with E-state index in [1.54, 1.807) is 12.3 Å². The van der Waals surface area contributed by atoms with Gasteiger partial charge >= 0.3 is 0 Å². The van der Waals surface area contributed by atoms with Crippen molar-refractivity contribution in [1.82, 2.24) is 14.8 Å². The molecule has 12 nitrogen and oxygen atoms in total. The Morgan fingerprint density at radius 1 is 0.951 bits per heavy atom. The Balaban J connectivity index is 1.35. The highest BCUT2D eigenvalue weighted by Crippen LogP contribution is 2.32. The molecule has 3 heterocycles. The van der Waals surface area contributed by atoms with Crippen molar-refractivity contribution in [3.63, 3.8) is 0 Å². The second kappa shape index (κ2) is 12.6. The molecule has 0 spiro atoms. The molecule has 1 fully saturated rings. The second-order valence-corrected chi connectivity index (χ2v) is 9.83. The summed E-state index contributed by atoms with van der Waals surface area (Å²) in [5.41, 5.74) is 8.69. The van der Waals surface area contributed by atoms with E-state index in [1.165, 1.54) is 4.68 Å². The summed E-state index contributed by atoms with van der Waals surface area (Å²) in [6, 6.07) is 19.5. The van der Waals surface area contributed by atoms with E-state index in [-0.39, 0.29) is 12.4 Å². The molecule has 4 aromatic rings. The van der Waals surface area contributed by atoms with Crippen LogP contribution in [0.15, 0.2) is 66.9 Å². The van der Waals surface area contributed by atoms with Gasteiger partial charge in [0.15, 0.2) is 5.65 Å². The molecule has 1 amide bonds. The van der Waals surface area contributed by atoms with Crippen LogP contribution in [0.3, 0.4) is 0 Å². The highest BCUT2D eigenvalue weighted by Gasteiger charge is 2.45. The van der Waals surface area contributed by atoms with E-state index in [2.05, 4.69) is 10.1 Å². The number of aliphatic hydroxyl groups is 4. The first-order chi connectivity index (χ1) is 19.8. The van der Waals surface area contributed by atoms with E-state index in [0.717, 1.165) is 22.4 Å². The quantitative estimate of drug-likeness (QED) is 0.172. The minimum Gasteiger partial charge on any atom is -0.489 e. The molecule has 0 bridgehead atoms. The molecule has 0 aliphatic carbocycles. The van der Waals surface area contributed by atoms with Gasteiger partial charge in [0.25, 0.3) is 0 Å². The Labute approximate surface area is 235 Å². The fraction of sp³-hybridized carbons (Fsp3) is 0.345. The Bertz CT molecular complexity index is 1460. The number of rotatable bonds is 11. The van der Waals surface area contributed by atoms with Gasteiger partial charge in [-0.2, -0.15) is 0 Å². The number of nitrogens with two attached hydrogens (primary N) is 1. The maximum atomic E-state index is 11.7. The summed E-state index contributed by atoms with van der Waals surface area (Å²) in [5, 5.41) is 45.1. The highest BCUT2D eigenvalue weighted by atomic mass is 16.7. The van der Waals surface area contributed by atoms with Gasteiger partial charge in [0.2, 0.25) is 18.1 Å². The number of hydrogen-bond donors (Lipinski definition) is 5. The molecular weight excluding hydrogens is 532 g/mol. The molecule has 2 aromatic carbocycles. The van der Waals surface area contributed by atoms with Gasteiger partial charge in [-0.3, -0.25) is 4.79 Å². The Morgan fingerprint density at radius 3 is 2.41 bits per heavy atom. The van der Waals surface area contributed by atoms with Crippen LogP contribution in [0.4, 0.5) is 0 Å². The lowest BCUT2D eigenvalue weighted by atomic mass is 9.99. The van der Waals surface area contributed by atoms with Gasteiger partial charge in [-0.15, -0.1) is 5.10 Å². The van der Waals surface area contributed by atoms with E-state index < -0.39 is 43.2 Å². The number of aliphatic hydroxyl groups excluding tert-OH is 4. The largest absolute Gasteiger partial charge is 0.489 e. The number of carbonyl (C=O) groups is 1. The summed E-state index contributed by atoms with van der Waals surface area (Å²) in [4.78, 5) is 16.1. The van der Waals surface area contributed by atoms with Crippen LogP contribution in [-0.2, 0) is 35.5 Å². The minimum atomic E-state index is -1.63. The fourth-order valence-corrected chi connectivity index (χ4v) is 4.72. The number of pyridine rings is 1. The molecule has 1 saturated heterocycles.